The number of amides is 1. The van der Waals surface area contributed by atoms with Crippen LogP contribution in [0, 0.1) is 12.7 Å². The number of carbonyl (C=O) groups excluding carboxylic acids is 1. The van der Waals surface area contributed by atoms with Gasteiger partial charge in [-0.1, -0.05) is 0 Å². The Bertz CT molecular complexity index is 885. The molecule has 10 heteroatoms. The lowest BCUT2D eigenvalue weighted by Crippen LogP contribution is -2.42. The van der Waals surface area contributed by atoms with Gasteiger partial charge in [-0.15, -0.1) is 23.7 Å². The maximum absolute atomic E-state index is 13.1. The van der Waals surface area contributed by atoms with E-state index in [-0.39, 0.29) is 36.4 Å². The van der Waals surface area contributed by atoms with E-state index in [0.29, 0.717) is 0 Å². The zero-order valence-corrected chi connectivity index (χ0v) is 17.7. The number of nitrogens with one attached hydrogen (secondary N) is 1. The SMILES string of the molecule is Cc1nc(-c2ccc(F)cc2)sc1C(C)NC(=O)C(N)CCS(C)(=O)=O.Cl. The van der Waals surface area contributed by atoms with Crippen LogP contribution >= 0.6 is 23.7 Å². The van der Waals surface area contributed by atoms with E-state index in [4.69, 9.17) is 5.73 Å². The van der Waals surface area contributed by atoms with E-state index in [9.17, 15) is 17.6 Å². The van der Waals surface area contributed by atoms with E-state index in [2.05, 4.69) is 10.3 Å². The molecule has 0 aliphatic rings. The van der Waals surface area contributed by atoms with Gasteiger partial charge in [-0.3, -0.25) is 4.79 Å². The molecule has 0 fully saturated rings. The number of halogens is 2. The molecule has 27 heavy (non-hydrogen) atoms. The van der Waals surface area contributed by atoms with Gasteiger partial charge >= 0.3 is 0 Å². The van der Waals surface area contributed by atoms with Gasteiger partial charge < -0.3 is 11.1 Å². The Morgan fingerprint density at radius 2 is 1.93 bits per heavy atom. The van der Waals surface area contributed by atoms with Crippen LogP contribution in [-0.2, 0) is 14.6 Å². The zero-order valence-electron chi connectivity index (χ0n) is 15.2. The molecule has 0 saturated heterocycles. The van der Waals surface area contributed by atoms with E-state index < -0.39 is 21.8 Å². The minimum absolute atomic E-state index is 0. The summed E-state index contributed by atoms with van der Waals surface area (Å²) in [6, 6.07) is 4.84. The molecule has 0 aliphatic heterocycles. The first-order chi connectivity index (χ1) is 12.1. The highest BCUT2D eigenvalue weighted by Crippen LogP contribution is 2.31. The van der Waals surface area contributed by atoms with Crippen molar-refractivity contribution in [3.8, 4) is 10.6 Å². The molecule has 2 rings (SSSR count). The fourth-order valence-corrected chi connectivity index (χ4v) is 4.14. The third kappa shape index (κ3) is 6.84. The van der Waals surface area contributed by atoms with Crippen LogP contribution in [0.2, 0.25) is 0 Å². The maximum Gasteiger partial charge on any atom is 0.237 e. The Labute approximate surface area is 168 Å². The van der Waals surface area contributed by atoms with Crippen molar-refractivity contribution in [2.45, 2.75) is 32.4 Å². The first-order valence-electron chi connectivity index (χ1n) is 8.04. The minimum atomic E-state index is -3.17. The lowest BCUT2D eigenvalue weighted by Gasteiger charge is -2.16. The Kier molecular flexibility index (Phi) is 8.34. The summed E-state index contributed by atoms with van der Waals surface area (Å²) >= 11 is 1.41. The molecule has 0 spiro atoms. The quantitative estimate of drug-likeness (QED) is 0.695. The predicted octanol–water partition coefficient (Wildman–Crippen LogP) is 2.62. The van der Waals surface area contributed by atoms with Crippen LogP contribution in [0.1, 0.15) is 30.0 Å². The molecule has 3 N–H and O–H groups in total. The number of thiazole rings is 1. The van der Waals surface area contributed by atoms with E-state index in [1.807, 2.05) is 13.8 Å². The van der Waals surface area contributed by atoms with Crippen molar-refractivity contribution in [1.82, 2.24) is 10.3 Å². The summed E-state index contributed by atoms with van der Waals surface area (Å²) in [6.07, 6.45) is 1.18. The Hall–Kier alpha value is -1.55. The number of aromatic nitrogens is 1. The molecular formula is C17H23ClFN3O3S2. The first-order valence-corrected chi connectivity index (χ1v) is 10.9. The maximum atomic E-state index is 13.1. The number of hydrogen-bond donors (Lipinski definition) is 2. The average Bonchev–Trinajstić information content (AvgIpc) is 2.94. The van der Waals surface area contributed by atoms with Crippen molar-refractivity contribution in [1.29, 1.82) is 0 Å². The largest absolute Gasteiger partial charge is 0.347 e. The number of benzene rings is 1. The topological polar surface area (TPSA) is 102 Å². The van der Waals surface area contributed by atoms with Gasteiger partial charge in [0.25, 0.3) is 0 Å². The van der Waals surface area contributed by atoms with Crippen LogP contribution in [0.4, 0.5) is 4.39 Å². The number of nitrogens with zero attached hydrogens (tertiary/aromatic N) is 1. The lowest BCUT2D eigenvalue weighted by atomic mass is 10.2. The summed E-state index contributed by atoms with van der Waals surface area (Å²) < 4.78 is 35.4. The highest BCUT2D eigenvalue weighted by Gasteiger charge is 2.21. The molecule has 2 atom stereocenters. The molecule has 150 valence electrons. The van der Waals surface area contributed by atoms with Crippen molar-refractivity contribution in [3.63, 3.8) is 0 Å². The summed E-state index contributed by atoms with van der Waals surface area (Å²) in [6.45, 7) is 3.65. The number of carbonyl (C=O) groups is 1. The van der Waals surface area contributed by atoms with Crippen LogP contribution in [0.25, 0.3) is 10.6 Å². The second kappa shape index (κ2) is 9.59. The average molecular weight is 436 g/mol. The van der Waals surface area contributed by atoms with Crippen LogP contribution in [0.3, 0.4) is 0 Å². The van der Waals surface area contributed by atoms with Crippen molar-refractivity contribution in [3.05, 3.63) is 40.7 Å². The molecule has 2 unspecified atom stereocenters. The smallest absolute Gasteiger partial charge is 0.237 e. The van der Waals surface area contributed by atoms with Gasteiger partial charge in [0.2, 0.25) is 5.91 Å². The van der Waals surface area contributed by atoms with Gasteiger partial charge in [-0.05, 0) is 44.5 Å². The summed E-state index contributed by atoms with van der Waals surface area (Å²) in [7, 11) is -3.17. The van der Waals surface area contributed by atoms with Crippen molar-refractivity contribution in [2.24, 2.45) is 5.73 Å². The molecule has 1 heterocycles. The summed E-state index contributed by atoms with van der Waals surface area (Å²) in [5, 5.41) is 3.53. The van der Waals surface area contributed by atoms with Crippen molar-refractivity contribution < 1.29 is 17.6 Å². The first kappa shape index (κ1) is 23.5. The van der Waals surface area contributed by atoms with E-state index in [1.54, 1.807) is 12.1 Å². The normalized spacial score (nSPS) is 13.5. The van der Waals surface area contributed by atoms with E-state index in [1.165, 1.54) is 23.5 Å². The standard InChI is InChI=1S/C17H22FN3O3S2.ClH/c1-10(20-16(22)14(19)8-9-26(3,23)24)15-11(2)21-17(25-15)12-4-6-13(18)7-5-12;/h4-7,10,14H,8-9,19H2,1-3H3,(H,20,22);1H. The summed E-state index contributed by atoms with van der Waals surface area (Å²) in [4.78, 5) is 17.5. The highest BCUT2D eigenvalue weighted by molar-refractivity contribution is 7.90. The van der Waals surface area contributed by atoms with Gasteiger partial charge in [0.1, 0.15) is 20.7 Å². The third-order valence-corrected chi connectivity index (χ3v) is 6.18. The fourth-order valence-electron chi connectivity index (χ4n) is 2.38. The molecular weight excluding hydrogens is 413 g/mol. The number of nitrogens with two attached hydrogens (primary N) is 1. The van der Waals surface area contributed by atoms with Crippen molar-refractivity contribution >= 4 is 39.5 Å². The molecule has 1 aromatic heterocycles. The monoisotopic (exact) mass is 435 g/mol. The van der Waals surface area contributed by atoms with Gasteiger partial charge in [0.15, 0.2) is 0 Å². The lowest BCUT2D eigenvalue weighted by molar-refractivity contribution is -0.123. The van der Waals surface area contributed by atoms with Gasteiger partial charge in [-0.25, -0.2) is 17.8 Å². The predicted molar refractivity (Wildman–Crippen MR) is 108 cm³/mol. The van der Waals surface area contributed by atoms with Gasteiger partial charge in [0, 0.05) is 11.8 Å². The molecule has 1 amide bonds. The van der Waals surface area contributed by atoms with Crippen LogP contribution in [0.5, 0.6) is 0 Å². The second-order valence-electron chi connectivity index (χ2n) is 6.23. The highest BCUT2D eigenvalue weighted by atomic mass is 35.5. The van der Waals surface area contributed by atoms with Gasteiger partial charge in [0.05, 0.1) is 28.4 Å². The summed E-state index contributed by atoms with van der Waals surface area (Å²) in [5.41, 5.74) is 7.35. The van der Waals surface area contributed by atoms with Crippen LogP contribution in [0.15, 0.2) is 24.3 Å². The third-order valence-electron chi connectivity index (χ3n) is 3.81. The Morgan fingerprint density at radius 3 is 2.48 bits per heavy atom. The Morgan fingerprint density at radius 1 is 1.33 bits per heavy atom. The molecule has 6 nitrogen and oxygen atoms in total. The zero-order chi connectivity index (χ0) is 19.5. The summed E-state index contributed by atoms with van der Waals surface area (Å²) in [5.74, 6) is -0.854. The molecule has 0 radical (unpaired) electrons. The minimum Gasteiger partial charge on any atom is -0.347 e. The number of rotatable bonds is 7. The second-order valence-corrected chi connectivity index (χ2v) is 9.52. The van der Waals surface area contributed by atoms with Crippen LogP contribution < -0.4 is 11.1 Å². The Balaban J connectivity index is 0.00000364. The molecule has 1 aromatic carbocycles. The molecule has 0 bridgehead atoms. The van der Waals surface area contributed by atoms with Crippen molar-refractivity contribution in [2.75, 3.05) is 12.0 Å². The number of sulfone groups is 1. The number of hydrogen-bond acceptors (Lipinski definition) is 6. The van der Waals surface area contributed by atoms with Gasteiger partial charge in [-0.2, -0.15) is 0 Å². The van der Waals surface area contributed by atoms with E-state index >= 15 is 0 Å². The fraction of sp³-hybridized carbons (Fsp3) is 0.412. The number of aryl methyl sites for hydroxylation is 1. The van der Waals surface area contributed by atoms with Crippen LogP contribution in [-0.4, -0.2) is 37.4 Å². The molecule has 0 saturated carbocycles. The molecule has 0 aliphatic carbocycles. The molecule has 2 aromatic rings. The van der Waals surface area contributed by atoms with E-state index in [0.717, 1.165) is 27.4 Å².